The molecule has 106 valence electrons. The average Bonchev–Trinajstić information content (AvgIpc) is 2.41. The summed E-state index contributed by atoms with van der Waals surface area (Å²) in [5.41, 5.74) is 3.31. The highest BCUT2D eigenvalue weighted by atomic mass is 35.5. The molecule has 2 aromatic rings. The number of hydrogen-bond donors (Lipinski definition) is 1. The van der Waals surface area contributed by atoms with Gasteiger partial charge < -0.3 is 5.11 Å². The van der Waals surface area contributed by atoms with E-state index in [-0.39, 0.29) is 0 Å². The number of hydrogen-bond acceptors (Lipinski definition) is 1. The van der Waals surface area contributed by atoms with Gasteiger partial charge in [-0.25, -0.2) is 0 Å². The van der Waals surface area contributed by atoms with Crippen molar-refractivity contribution >= 4 is 23.2 Å². The first kappa shape index (κ1) is 15.4. The summed E-state index contributed by atoms with van der Waals surface area (Å²) >= 11 is 12.2. The molecule has 0 fully saturated rings. The first-order chi connectivity index (χ1) is 9.56. The van der Waals surface area contributed by atoms with Gasteiger partial charge in [-0.1, -0.05) is 59.1 Å². The Morgan fingerprint density at radius 3 is 2.35 bits per heavy atom. The average molecular weight is 309 g/mol. The number of benzene rings is 2. The lowest BCUT2D eigenvalue weighted by Crippen LogP contribution is -2.12. The number of halogens is 2. The van der Waals surface area contributed by atoms with Crippen molar-refractivity contribution in [1.82, 2.24) is 0 Å². The van der Waals surface area contributed by atoms with Crippen molar-refractivity contribution < 1.29 is 5.11 Å². The highest BCUT2D eigenvalue weighted by Crippen LogP contribution is 2.26. The first-order valence-corrected chi connectivity index (χ1v) is 7.48. The number of aliphatic hydroxyl groups excluding tert-OH is 1. The molecule has 3 heteroatoms. The van der Waals surface area contributed by atoms with Crippen molar-refractivity contribution in [1.29, 1.82) is 0 Å². The van der Waals surface area contributed by atoms with Crippen LogP contribution in [0.4, 0.5) is 0 Å². The fourth-order valence-corrected chi connectivity index (χ4v) is 2.82. The normalized spacial score (nSPS) is 12.4. The molecule has 0 aliphatic carbocycles. The lowest BCUT2D eigenvalue weighted by Gasteiger charge is -2.13. The Morgan fingerprint density at radius 1 is 1.05 bits per heavy atom. The molecule has 0 radical (unpaired) electrons. The molecule has 1 atom stereocenters. The third kappa shape index (κ3) is 4.24. The van der Waals surface area contributed by atoms with Gasteiger partial charge in [-0.05, 0) is 43.0 Å². The van der Waals surface area contributed by atoms with E-state index in [2.05, 4.69) is 25.1 Å². The van der Waals surface area contributed by atoms with E-state index >= 15 is 0 Å². The molecule has 0 aliphatic heterocycles. The second-order valence-corrected chi connectivity index (χ2v) is 5.90. The van der Waals surface area contributed by atoms with Gasteiger partial charge in [0.1, 0.15) is 0 Å². The summed E-state index contributed by atoms with van der Waals surface area (Å²) < 4.78 is 0. The number of rotatable bonds is 5. The molecule has 2 rings (SSSR count). The SMILES string of the molecule is Cc1cccc(CCC(O)Cc2c(Cl)cccc2Cl)c1. The minimum absolute atomic E-state index is 0.437. The summed E-state index contributed by atoms with van der Waals surface area (Å²) in [5, 5.41) is 11.4. The van der Waals surface area contributed by atoms with Gasteiger partial charge in [-0.2, -0.15) is 0 Å². The van der Waals surface area contributed by atoms with Crippen LogP contribution < -0.4 is 0 Å². The summed E-state index contributed by atoms with van der Waals surface area (Å²) in [6, 6.07) is 13.8. The topological polar surface area (TPSA) is 20.2 Å². The Bertz CT molecular complexity index is 561. The zero-order valence-corrected chi connectivity index (χ0v) is 13.0. The summed E-state index contributed by atoms with van der Waals surface area (Å²) in [6.45, 7) is 2.07. The van der Waals surface area contributed by atoms with Gasteiger partial charge in [-0.3, -0.25) is 0 Å². The maximum Gasteiger partial charge on any atom is 0.0584 e. The van der Waals surface area contributed by atoms with Crippen LogP contribution >= 0.6 is 23.2 Å². The second-order valence-electron chi connectivity index (χ2n) is 5.09. The first-order valence-electron chi connectivity index (χ1n) is 6.73. The van der Waals surface area contributed by atoms with Crippen LogP contribution in [0.2, 0.25) is 10.0 Å². The minimum atomic E-state index is -0.437. The van der Waals surface area contributed by atoms with Crippen molar-refractivity contribution in [2.75, 3.05) is 0 Å². The maximum atomic E-state index is 10.2. The number of aryl methyl sites for hydroxylation is 2. The summed E-state index contributed by atoms with van der Waals surface area (Å²) in [6.07, 6.45) is 1.60. The molecule has 0 heterocycles. The van der Waals surface area contributed by atoms with Crippen LogP contribution in [0.25, 0.3) is 0 Å². The lowest BCUT2D eigenvalue weighted by molar-refractivity contribution is 0.165. The Labute approximate surface area is 130 Å². The van der Waals surface area contributed by atoms with Gasteiger partial charge in [0.25, 0.3) is 0 Å². The van der Waals surface area contributed by atoms with Crippen molar-refractivity contribution in [2.24, 2.45) is 0 Å². The molecule has 0 saturated carbocycles. The molecule has 1 nitrogen and oxygen atoms in total. The van der Waals surface area contributed by atoms with Crippen LogP contribution in [0.1, 0.15) is 23.1 Å². The van der Waals surface area contributed by atoms with E-state index in [0.717, 1.165) is 12.0 Å². The standard InChI is InChI=1S/C17H18Cl2O/c1-12-4-2-5-13(10-12)8-9-14(20)11-15-16(18)6-3-7-17(15)19/h2-7,10,14,20H,8-9,11H2,1H3. The Morgan fingerprint density at radius 2 is 1.70 bits per heavy atom. The van der Waals surface area contributed by atoms with Gasteiger partial charge in [0.05, 0.1) is 6.10 Å². The maximum absolute atomic E-state index is 10.2. The zero-order chi connectivity index (χ0) is 14.5. The van der Waals surface area contributed by atoms with Crippen molar-refractivity contribution in [3.8, 4) is 0 Å². The van der Waals surface area contributed by atoms with E-state index in [9.17, 15) is 5.11 Å². The van der Waals surface area contributed by atoms with Crippen LogP contribution in [0.3, 0.4) is 0 Å². The third-order valence-corrected chi connectivity index (χ3v) is 4.06. The predicted octanol–water partition coefficient (Wildman–Crippen LogP) is 4.84. The minimum Gasteiger partial charge on any atom is -0.393 e. The van der Waals surface area contributed by atoms with Gasteiger partial charge in [0.15, 0.2) is 0 Å². The smallest absolute Gasteiger partial charge is 0.0584 e. The summed E-state index contributed by atoms with van der Waals surface area (Å²) in [7, 11) is 0. The van der Waals surface area contributed by atoms with Gasteiger partial charge in [0.2, 0.25) is 0 Å². The van der Waals surface area contributed by atoms with Gasteiger partial charge in [-0.15, -0.1) is 0 Å². The van der Waals surface area contributed by atoms with E-state index in [1.165, 1.54) is 11.1 Å². The van der Waals surface area contributed by atoms with Crippen LogP contribution in [-0.4, -0.2) is 11.2 Å². The molecule has 20 heavy (non-hydrogen) atoms. The van der Waals surface area contributed by atoms with Crippen molar-refractivity contribution in [3.05, 3.63) is 69.2 Å². The molecule has 0 saturated heterocycles. The van der Waals surface area contributed by atoms with Crippen molar-refractivity contribution in [2.45, 2.75) is 32.3 Å². The zero-order valence-electron chi connectivity index (χ0n) is 11.4. The van der Waals surface area contributed by atoms with E-state index in [1.54, 1.807) is 12.1 Å². The summed E-state index contributed by atoms with van der Waals surface area (Å²) in [4.78, 5) is 0. The molecular weight excluding hydrogens is 291 g/mol. The van der Waals surface area contributed by atoms with Crippen LogP contribution in [0.15, 0.2) is 42.5 Å². The van der Waals surface area contributed by atoms with E-state index in [0.29, 0.717) is 22.9 Å². The molecule has 1 unspecified atom stereocenters. The molecule has 2 aromatic carbocycles. The second kappa shape index (κ2) is 7.12. The molecule has 0 aromatic heterocycles. The third-order valence-electron chi connectivity index (χ3n) is 3.35. The van der Waals surface area contributed by atoms with Crippen LogP contribution in [-0.2, 0) is 12.8 Å². The Kier molecular flexibility index (Phi) is 5.47. The van der Waals surface area contributed by atoms with Crippen LogP contribution in [0.5, 0.6) is 0 Å². The highest BCUT2D eigenvalue weighted by molar-refractivity contribution is 6.35. The molecule has 0 aliphatic rings. The van der Waals surface area contributed by atoms with Crippen LogP contribution in [0, 0.1) is 6.92 Å². The lowest BCUT2D eigenvalue weighted by atomic mass is 10.0. The highest BCUT2D eigenvalue weighted by Gasteiger charge is 2.12. The van der Waals surface area contributed by atoms with E-state index in [4.69, 9.17) is 23.2 Å². The largest absolute Gasteiger partial charge is 0.393 e. The fraction of sp³-hybridized carbons (Fsp3) is 0.294. The fourth-order valence-electron chi connectivity index (χ4n) is 2.27. The van der Waals surface area contributed by atoms with Gasteiger partial charge in [0, 0.05) is 16.5 Å². The number of aliphatic hydroxyl groups is 1. The molecule has 1 N–H and O–H groups in total. The quantitative estimate of drug-likeness (QED) is 0.838. The molecule has 0 amide bonds. The van der Waals surface area contributed by atoms with E-state index < -0.39 is 6.10 Å². The van der Waals surface area contributed by atoms with Gasteiger partial charge >= 0.3 is 0 Å². The van der Waals surface area contributed by atoms with E-state index in [1.807, 2.05) is 12.1 Å². The summed E-state index contributed by atoms with van der Waals surface area (Å²) in [5.74, 6) is 0. The molecule has 0 bridgehead atoms. The predicted molar refractivity (Wildman–Crippen MR) is 85.7 cm³/mol. The Hall–Kier alpha value is -1.02. The van der Waals surface area contributed by atoms with Crippen molar-refractivity contribution in [3.63, 3.8) is 0 Å². The molecule has 0 spiro atoms. The monoisotopic (exact) mass is 308 g/mol. The molecular formula is C17H18Cl2O. The Balaban J connectivity index is 1.94.